The van der Waals surface area contributed by atoms with E-state index < -0.39 is 10.0 Å². The number of sulfonamides is 1. The van der Waals surface area contributed by atoms with E-state index in [-0.39, 0.29) is 32.7 Å². The quantitative estimate of drug-likeness (QED) is 0.673. The van der Waals surface area contributed by atoms with E-state index in [1.165, 1.54) is 0 Å². The summed E-state index contributed by atoms with van der Waals surface area (Å²) in [5.41, 5.74) is 0. The van der Waals surface area contributed by atoms with Crippen molar-refractivity contribution in [1.29, 1.82) is 0 Å². The topological polar surface area (TPSA) is 46.2 Å². The minimum Gasteiger partial charge on any atom is -0.342 e. The Morgan fingerprint density at radius 1 is 1.56 bits per heavy atom. The van der Waals surface area contributed by atoms with Crippen molar-refractivity contribution >= 4 is 10.0 Å². The SMILES string of the molecule is [CH2-]CCNS(C)(=O)=O.[Y]. The molecular weight excluding hydrogens is 215 g/mol. The van der Waals surface area contributed by atoms with Gasteiger partial charge in [0.05, 0.1) is 6.26 Å². The summed E-state index contributed by atoms with van der Waals surface area (Å²) in [7, 11) is -2.98. The molecule has 0 aromatic rings. The molecule has 0 aromatic carbocycles. The summed E-state index contributed by atoms with van der Waals surface area (Å²) in [4.78, 5) is 0. The molecule has 0 bridgehead atoms. The molecule has 0 unspecified atom stereocenters. The largest absolute Gasteiger partial charge is 0.342 e. The molecule has 3 nitrogen and oxygen atoms in total. The third kappa shape index (κ3) is 12.3. The summed E-state index contributed by atoms with van der Waals surface area (Å²) < 4.78 is 22.8. The van der Waals surface area contributed by atoms with E-state index in [1.807, 2.05) is 0 Å². The van der Waals surface area contributed by atoms with Crippen LogP contribution in [0.2, 0.25) is 0 Å². The fourth-order valence-electron chi connectivity index (χ4n) is 0.258. The van der Waals surface area contributed by atoms with Gasteiger partial charge in [0.15, 0.2) is 0 Å². The number of rotatable bonds is 3. The standard InChI is InChI=1S/C4H10NO2S.Y/c1-3-4-5-8(2,6)7;/h5H,1,3-4H2,2H3;/q-1;. The van der Waals surface area contributed by atoms with Crippen LogP contribution in [0.25, 0.3) is 0 Å². The van der Waals surface area contributed by atoms with Crippen LogP contribution in [0.4, 0.5) is 0 Å². The maximum absolute atomic E-state index is 10.3. The Morgan fingerprint density at radius 2 is 2.00 bits per heavy atom. The second-order valence-electron chi connectivity index (χ2n) is 1.52. The van der Waals surface area contributed by atoms with E-state index in [4.69, 9.17) is 0 Å². The van der Waals surface area contributed by atoms with Gasteiger partial charge in [0.1, 0.15) is 0 Å². The fourth-order valence-corrected chi connectivity index (χ4v) is 0.773. The molecular formula is C4H10NO2SY-. The maximum Gasteiger partial charge on any atom is 0.208 e. The third-order valence-corrected chi connectivity index (χ3v) is 1.27. The zero-order chi connectivity index (χ0) is 6.62. The van der Waals surface area contributed by atoms with Gasteiger partial charge in [-0.1, -0.05) is 0 Å². The van der Waals surface area contributed by atoms with Crippen molar-refractivity contribution in [2.75, 3.05) is 12.8 Å². The van der Waals surface area contributed by atoms with Crippen LogP contribution in [-0.4, -0.2) is 21.2 Å². The molecule has 1 radical (unpaired) electrons. The van der Waals surface area contributed by atoms with Gasteiger partial charge in [-0.05, 0) is 6.54 Å². The summed E-state index contributed by atoms with van der Waals surface area (Å²) in [5.74, 6) is 0. The van der Waals surface area contributed by atoms with Crippen LogP contribution >= 0.6 is 0 Å². The maximum atomic E-state index is 10.3. The molecule has 5 heteroatoms. The molecule has 0 atom stereocenters. The van der Waals surface area contributed by atoms with E-state index in [0.29, 0.717) is 13.0 Å². The van der Waals surface area contributed by atoms with Gasteiger partial charge < -0.3 is 6.92 Å². The van der Waals surface area contributed by atoms with Gasteiger partial charge in [0, 0.05) is 32.7 Å². The molecule has 0 saturated heterocycles. The Balaban J connectivity index is 0. The van der Waals surface area contributed by atoms with Crippen molar-refractivity contribution in [1.82, 2.24) is 4.72 Å². The van der Waals surface area contributed by atoms with Gasteiger partial charge in [-0.3, -0.25) is 0 Å². The van der Waals surface area contributed by atoms with Crippen molar-refractivity contribution < 1.29 is 41.1 Å². The first-order valence-corrected chi connectivity index (χ1v) is 4.19. The first-order valence-electron chi connectivity index (χ1n) is 2.30. The van der Waals surface area contributed by atoms with E-state index in [9.17, 15) is 8.42 Å². The van der Waals surface area contributed by atoms with Crippen LogP contribution < -0.4 is 4.72 Å². The predicted octanol–water partition coefficient (Wildman–Crippen LogP) is -0.243. The van der Waals surface area contributed by atoms with Crippen LogP contribution in [0.15, 0.2) is 0 Å². The normalized spacial score (nSPS) is 10.4. The van der Waals surface area contributed by atoms with E-state index >= 15 is 0 Å². The van der Waals surface area contributed by atoms with E-state index in [2.05, 4.69) is 11.6 Å². The molecule has 0 spiro atoms. The van der Waals surface area contributed by atoms with Crippen molar-refractivity contribution in [3.8, 4) is 0 Å². The Morgan fingerprint density at radius 3 is 2.11 bits per heavy atom. The van der Waals surface area contributed by atoms with Gasteiger partial charge >= 0.3 is 0 Å². The van der Waals surface area contributed by atoms with Crippen LogP contribution in [0, 0.1) is 6.92 Å². The molecule has 53 valence electrons. The summed E-state index contributed by atoms with van der Waals surface area (Å²) in [5, 5.41) is 0. The minimum absolute atomic E-state index is 0. The van der Waals surface area contributed by atoms with E-state index in [0.717, 1.165) is 6.26 Å². The van der Waals surface area contributed by atoms with Gasteiger partial charge in [0.25, 0.3) is 0 Å². The summed E-state index contributed by atoms with van der Waals surface area (Å²) >= 11 is 0. The second-order valence-corrected chi connectivity index (χ2v) is 3.35. The smallest absolute Gasteiger partial charge is 0.208 e. The minimum atomic E-state index is -2.98. The molecule has 0 aliphatic heterocycles. The number of hydrogen-bond acceptors (Lipinski definition) is 2. The molecule has 0 amide bonds. The average molecular weight is 225 g/mol. The van der Waals surface area contributed by atoms with Crippen LogP contribution in [0.5, 0.6) is 0 Å². The molecule has 9 heavy (non-hydrogen) atoms. The van der Waals surface area contributed by atoms with Crippen LogP contribution in [0.3, 0.4) is 0 Å². The molecule has 0 saturated carbocycles. The van der Waals surface area contributed by atoms with Gasteiger partial charge in [0.2, 0.25) is 10.0 Å². The molecule has 0 fully saturated rings. The van der Waals surface area contributed by atoms with Gasteiger partial charge in [-0.15, -0.1) is 0 Å². The fraction of sp³-hybridized carbons (Fsp3) is 0.750. The van der Waals surface area contributed by atoms with Crippen molar-refractivity contribution in [2.24, 2.45) is 0 Å². The van der Waals surface area contributed by atoms with E-state index in [1.54, 1.807) is 0 Å². The first-order chi connectivity index (χ1) is 3.56. The van der Waals surface area contributed by atoms with Crippen molar-refractivity contribution in [2.45, 2.75) is 6.42 Å². The Hall–Kier alpha value is 1.01. The summed E-state index contributed by atoms with van der Waals surface area (Å²) in [6, 6.07) is 0. The predicted molar refractivity (Wildman–Crippen MR) is 32.8 cm³/mol. The second kappa shape index (κ2) is 5.77. The zero-order valence-electron chi connectivity index (χ0n) is 5.42. The average Bonchev–Trinajstić information content (AvgIpc) is 1.59. The molecule has 1 N–H and O–H groups in total. The Bertz CT molecular complexity index is 143. The van der Waals surface area contributed by atoms with Crippen LogP contribution in [0.1, 0.15) is 6.42 Å². The molecule has 0 aromatic heterocycles. The summed E-state index contributed by atoms with van der Waals surface area (Å²) in [6.45, 7) is 3.89. The Labute approximate surface area is 81.5 Å². The molecule has 0 heterocycles. The number of hydrogen-bond donors (Lipinski definition) is 1. The summed E-state index contributed by atoms with van der Waals surface area (Å²) in [6.07, 6.45) is 1.72. The van der Waals surface area contributed by atoms with Crippen molar-refractivity contribution in [3.63, 3.8) is 0 Å². The van der Waals surface area contributed by atoms with Crippen LogP contribution in [-0.2, 0) is 42.7 Å². The molecule has 0 aliphatic carbocycles. The molecule has 0 aliphatic rings. The number of nitrogens with one attached hydrogen (secondary N) is 1. The van der Waals surface area contributed by atoms with Gasteiger partial charge in [-0.25, -0.2) is 13.1 Å². The first kappa shape index (κ1) is 12.7. The van der Waals surface area contributed by atoms with Crippen molar-refractivity contribution in [3.05, 3.63) is 6.92 Å². The van der Waals surface area contributed by atoms with Gasteiger partial charge in [-0.2, -0.15) is 6.42 Å². The zero-order valence-corrected chi connectivity index (χ0v) is 9.08. The monoisotopic (exact) mass is 225 g/mol. The molecule has 0 rings (SSSR count). The Kier molecular flexibility index (Phi) is 8.13. The third-order valence-electron chi connectivity index (χ3n) is 0.541.